The molecule has 3 aromatic rings. The molecule has 0 aliphatic heterocycles. The number of hydrogen-bond donors (Lipinski definition) is 2. The Balaban J connectivity index is 1.66. The summed E-state index contributed by atoms with van der Waals surface area (Å²) in [7, 11) is 0.530. The summed E-state index contributed by atoms with van der Waals surface area (Å²) in [6.45, 7) is 0.386. The van der Waals surface area contributed by atoms with Crippen LogP contribution >= 0.6 is 0 Å². The number of methoxy groups -OCH3 is 1. The molecular formula is C25H27N5O6S. The number of rotatable bonds is 8. The zero-order valence-electron chi connectivity index (χ0n) is 20.6. The van der Waals surface area contributed by atoms with Crippen molar-refractivity contribution in [3.05, 3.63) is 75.5 Å². The maximum Gasteiger partial charge on any atom is 0.333 e. The highest BCUT2D eigenvalue weighted by molar-refractivity contribution is 7.90. The smallest absolute Gasteiger partial charge is 0.333 e. The van der Waals surface area contributed by atoms with Crippen LogP contribution in [0, 0.1) is 10.1 Å². The minimum absolute atomic E-state index is 0.386. The largest absolute Gasteiger partial charge is 0.481 e. The summed E-state index contributed by atoms with van der Waals surface area (Å²) in [5.74, 6) is 0.390. The lowest BCUT2D eigenvalue weighted by atomic mass is 9.98. The summed E-state index contributed by atoms with van der Waals surface area (Å²) >= 11 is 0. The van der Waals surface area contributed by atoms with Gasteiger partial charge >= 0.3 is 6.03 Å². The van der Waals surface area contributed by atoms with E-state index in [1.807, 2.05) is 16.9 Å². The molecule has 1 heterocycles. The molecule has 1 aliphatic rings. The number of nitro benzene ring substituents is 1. The third kappa shape index (κ3) is 5.70. The van der Waals surface area contributed by atoms with Crippen LogP contribution in [-0.4, -0.2) is 50.5 Å². The Morgan fingerprint density at radius 2 is 1.95 bits per heavy atom. The Bertz CT molecular complexity index is 1470. The molecule has 0 saturated heterocycles. The van der Waals surface area contributed by atoms with Crippen LogP contribution in [0.1, 0.15) is 23.1 Å². The molecule has 0 radical (unpaired) electrons. The van der Waals surface area contributed by atoms with Crippen molar-refractivity contribution < 1.29 is 22.9 Å². The molecule has 2 N–H and O–H groups in total. The molecule has 194 valence electrons. The number of urea groups is 1. The van der Waals surface area contributed by atoms with E-state index in [1.54, 1.807) is 37.3 Å². The minimum atomic E-state index is -4.55. The minimum Gasteiger partial charge on any atom is -0.481 e. The van der Waals surface area contributed by atoms with Crippen molar-refractivity contribution >= 4 is 27.4 Å². The van der Waals surface area contributed by atoms with E-state index in [0.717, 1.165) is 35.6 Å². The Morgan fingerprint density at radius 1 is 1.16 bits per heavy atom. The highest BCUT2D eigenvalue weighted by Crippen LogP contribution is 2.38. The Morgan fingerprint density at radius 3 is 2.65 bits per heavy atom. The van der Waals surface area contributed by atoms with E-state index in [0.29, 0.717) is 35.7 Å². The summed E-state index contributed by atoms with van der Waals surface area (Å²) < 4.78 is 33.3. The van der Waals surface area contributed by atoms with Gasteiger partial charge in [-0.05, 0) is 67.7 Å². The van der Waals surface area contributed by atoms with Crippen LogP contribution in [0.3, 0.4) is 0 Å². The summed E-state index contributed by atoms with van der Waals surface area (Å²) in [4.78, 5) is 29.2. The molecule has 11 nitrogen and oxygen atoms in total. The van der Waals surface area contributed by atoms with Gasteiger partial charge in [-0.1, -0.05) is 18.2 Å². The van der Waals surface area contributed by atoms with Gasteiger partial charge in [0.25, 0.3) is 15.7 Å². The topological polar surface area (TPSA) is 144 Å². The number of anilines is 1. The maximum absolute atomic E-state index is 13.1. The number of carbonyl (C=O) groups is 1. The van der Waals surface area contributed by atoms with Gasteiger partial charge in [-0.2, -0.15) is 0 Å². The van der Waals surface area contributed by atoms with Crippen molar-refractivity contribution in [3.63, 3.8) is 0 Å². The van der Waals surface area contributed by atoms with Crippen molar-refractivity contribution in [1.82, 2.24) is 14.6 Å². The molecule has 1 aliphatic carbocycles. The number of aryl methyl sites for hydroxylation is 1. The highest BCUT2D eigenvalue weighted by Gasteiger charge is 2.29. The molecule has 37 heavy (non-hydrogen) atoms. The number of pyridine rings is 1. The second-order valence-corrected chi connectivity index (χ2v) is 10.6. The average Bonchev–Trinajstić information content (AvgIpc) is 3.33. The summed E-state index contributed by atoms with van der Waals surface area (Å²) in [6, 6.07) is 10.1. The zero-order chi connectivity index (χ0) is 26.7. The molecule has 2 aromatic carbocycles. The quantitative estimate of drug-likeness (QED) is 0.334. The van der Waals surface area contributed by atoms with Gasteiger partial charge in [0.1, 0.15) is 0 Å². The maximum atomic E-state index is 13.1. The van der Waals surface area contributed by atoms with Gasteiger partial charge in [0.2, 0.25) is 5.88 Å². The molecule has 0 atom stereocenters. The highest BCUT2D eigenvalue weighted by atomic mass is 32.2. The fourth-order valence-corrected chi connectivity index (χ4v) is 5.51. The molecule has 12 heteroatoms. The Hall–Kier alpha value is -4.03. The molecule has 0 bridgehead atoms. The number of nitrogens with zero attached hydrogens (tertiary/aromatic N) is 3. The van der Waals surface area contributed by atoms with E-state index in [-0.39, 0.29) is 0 Å². The van der Waals surface area contributed by atoms with Gasteiger partial charge in [-0.25, -0.2) is 22.9 Å². The number of carbonyl (C=O) groups excluding carboxylic acids is 1. The fraction of sp³-hybridized carbons (Fsp3) is 0.280. The van der Waals surface area contributed by atoms with Gasteiger partial charge in [-0.15, -0.1) is 0 Å². The predicted octanol–water partition coefficient (Wildman–Crippen LogP) is 3.73. The molecule has 2 amide bonds. The lowest BCUT2D eigenvalue weighted by Crippen LogP contribution is -2.35. The lowest BCUT2D eigenvalue weighted by Gasteiger charge is -2.17. The van der Waals surface area contributed by atoms with E-state index >= 15 is 0 Å². The number of aromatic nitrogens is 1. The molecule has 0 saturated carbocycles. The number of amides is 2. The van der Waals surface area contributed by atoms with E-state index < -0.39 is 31.6 Å². The van der Waals surface area contributed by atoms with E-state index in [1.165, 1.54) is 19.2 Å². The Kier molecular flexibility index (Phi) is 7.41. The molecular weight excluding hydrogens is 498 g/mol. The first-order valence-corrected chi connectivity index (χ1v) is 13.0. The number of hydrogen-bond acceptors (Lipinski definition) is 8. The van der Waals surface area contributed by atoms with Gasteiger partial charge in [0.05, 0.1) is 17.7 Å². The van der Waals surface area contributed by atoms with Gasteiger partial charge < -0.3 is 15.0 Å². The van der Waals surface area contributed by atoms with Crippen LogP contribution in [0.25, 0.3) is 11.1 Å². The second kappa shape index (κ2) is 10.5. The van der Waals surface area contributed by atoms with E-state index in [2.05, 4.69) is 10.3 Å². The number of sulfonamides is 1. The third-order valence-electron chi connectivity index (χ3n) is 6.01. The number of ether oxygens (including phenoxy) is 1. The Labute approximate surface area is 214 Å². The van der Waals surface area contributed by atoms with Gasteiger partial charge in [0, 0.05) is 30.4 Å². The molecule has 0 fully saturated rings. The molecule has 0 unspecified atom stereocenters. The molecule has 1 aromatic heterocycles. The summed E-state index contributed by atoms with van der Waals surface area (Å²) in [5, 5.41) is 14.3. The normalized spacial score (nSPS) is 12.8. The first-order valence-electron chi connectivity index (χ1n) is 11.5. The monoisotopic (exact) mass is 525 g/mol. The van der Waals surface area contributed by atoms with Crippen molar-refractivity contribution in [2.24, 2.45) is 0 Å². The summed E-state index contributed by atoms with van der Waals surface area (Å²) in [6.07, 6.45) is 4.04. The third-order valence-corrected chi connectivity index (χ3v) is 7.39. The first kappa shape index (κ1) is 26.0. The number of benzene rings is 2. The average molecular weight is 526 g/mol. The lowest BCUT2D eigenvalue weighted by molar-refractivity contribution is -0.387. The standard InChI is InChI=1S/C25H27N5O6S/c1-29(2)15-16-7-10-22(21(13-16)30(32)33)37(34,35)28-25(31)27-24-19-6-4-5-17(19)8-9-20(24)18-11-12-26-23(14-18)36-3/h7-14H,4-6,15H2,1-3H3,(H2,27,28,31). The molecule has 0 spiro atoms. The zero-order valence-corrected chi connectivity index (χ0v) is 21.5. The fourth-order valence-electron chi connectivity index (χ4n) is 4.45. The van der Waals surface area contributed by atoms with Crippen LogP contribution in [-0.2, 0) is 29.4 Å². The first-order chi connectivity index (χ1) is 17.6. The van der Waals surface area contributed by atoms with Crippen molar-refractivity contribution in [3.8, 4) is 17.0 Å². The van der Waals surface area contributed by atoms with Gasteiger partial charge in [0.15, 0.2) is 4.90 Å². The number of nitrogens with one attached hydrogen (secondary N) is 2. The van der Waals surface area contributed by atoms with Gasteiger partial charge in [-0.3, -0.25) is 10.1 Å². The van der Waals surface area contributed by atoms with Crippen molar-refractivity contribution in [2.45, 2.75) is 30.7 Å². The van der Waals surface area contributed by atoms with Crippen molar-refractivity contribution in [2.75, 3.05) is 26.5 Å². The summed E-state index contributed by atoms with van der Waals surface area (Å²) in [5.41, 5.74) is 3.82. The number of fused-ring (bicyclic) bond motifs is 1. The van der Waals surface area contributed by atoms with Crippen LogP contribution in [0.5, 0.6) is 5.88 Å². The van der Waals surface area contributed by atoms with Crippen LogP contribution in [0.2, 0.25) is 0 Å². The van der Waals surface area contributed by atoms with E-state index in [4.69, 9.17) is 4.74 Å². The van der Waals surface area contributed by atoms with Crippen LogP contribution in [0.15, 0.2) is 53.6 Å². The number of nitro groups is 1. The SMILES string of the molecule is COc1cc(-c2ccc3c(c2NC(=O)NS(=O)(=O)c2ccc(CN(C)C)cc2[N+](=O)[O-])CCC3)ccn1. The van der Waals surface area contributed by atoms with Crippen molar-refractivity contribution in [1.29, 1.82) is 0 Å². The molecule has 4 rings (SSSR count). The second-order valence-electron chi connectivity index (χ2n) is 8.92. The van der Waals surface area contributed by atoms with Crippen LogP contribution < -0.4 is 14.8 Å². The van der Waals surface area contributed by atoms with Crippen LogP contribution in [0.4, 0.5) is 16.2 Å². The van der Waals surface area contributed by atoms with E-state index in [9.17, 15) is 23.3 Å². The predicted molar refractivity (Wildman–Crippen MR) is 138 cm³/mol.